The van der Waals surface area contributed by atoms with Crippen LogP contribution < -0.4 is 18.9 Å². The molecule has 0 amide bonds. The van der Waals surface area contributed by atoms with Gasteiger partial charge in [0, 0.05) is 37.1 Å². The lowest BCUT2D eigenvalue weighted by Gasteiger charge is -2.25. The molecule has 0 aliphatic rings. The Balaban J connectivity index is 0. The van der Waals surface area contributed by atoms with Crippen molar-refractivity contribution in [2.45, 2.75) is 95.3 Å². The highest BCUT2D eigenvalue weighted by Crippen LogP contribution is 2.50. The smallest absolute Gasteiger partial charge is 0.147 e. The van der Waals surface area contributed by atoms with Crippen molar-refractivity contribution in [1.82, 2.24) is 0 Å². The van der Waals surface area contributed by atoms with Crippen molar-refractivity contribution in [3.8, 4) is 34.5 Å². The molecular formula is C31H50O12S2. The molecule has 2 aromatic carbocycles. The minimum absolute atomic E-state index is 0. The third kappa shape index (κ3) is 9.18. The third-order valence-corrected chi connectivity index (χ3v) is 9.07. The van der Waals surface area contributed by atoms with Gasteiger partial charge in [-0.3, -0.25) is 0 Å². The van der Waals surface area contributed by atoms with Gasteiger partial charge in [0.25, 0.3) is 0 Å². The molecule has 0 bridgehead atoms. The standard InChI is InChI=1S/C15H24O6S.C14H22O6S.2CH3/c1-6-8-10-12(16)11(9(3)7-2)14(21-5)15(13(10)20-4)22(17,18)19;1-6-8(3)10-11(15)9(7-2)12(19-4)14(13(10)20-5)21(16,17)18;;/h9,16H,6-8H2,1-5H3,(H,17,18,19);8,15H,6-7H2,1-5H3,(H,16,17,18);2*1H3/q;;2*+1/p-2. The summed E-state index contributed by atoms with van der Waals surface area (Å²) in [5.41, 5.74) is 1.29. The normalized spacial score (nSPS) is 12.4. The molecule has 0 aromatic heterocycles. The second kappa shape index (κ2) is 18.1. The summed E-state index contributed by atoms with van der Waals surface area (Å²) in [6.45, 7) is 11.1. The van der Waals surface area contributed by atoms with E-state index in [1.54, 1.807) is 6.92 Å². The molecule has 0 fully saturated rings. The Morgan fingerprint density at radius 2 is 0.933 bits per heavy atom. The fourth-order valence-electron chi connectivity index (χ4n) is 4.90. The van der Waals surface area contributed by atoms with Gasteiger partial charge < -0.3 is 38.3 Å². The Morgan fingerprint density at radius 1 is 0.622 bits per heavy atom. The average Bonchev–Trinajstić information content (AvgIpc) is 2.95. The summed E-state index contributed by atoms with van der Waals surface area (Å²) in [6.07, 6.45) is 2.68. The maximum Gasteiger partial charge on any atom is 0.147 e. The first kappa shape index (κ1) is 43.9. The molecule has 0 spiro atoms. The maximum absolute atomic E-state index is 11.7. The molecule has 0 saturated heterocycles. The number of hydrogen-bond acceptors (Lipinski definition) is 12. The highest BCUT2D eigenvalue weighted by molar-refractivity contribution is 7.86. The van der Waals surface area contributed by atoms with E-state index >= 15 is 0 Å². The second-order valence-corrected chi connectivity index (χ2v) is 12.5. The van der Waals surface area contributed by atoms with Gasteiger partial charge in [-0.05, 0) is 37.5 Å². The zero-order chi connectivity index (χ0) is 33.4. The second-order valence-electron chi connectivity index (χ2n) is 9.90. The van der Waals surface area contributed by atoms with Crippen LogP contribution >= 0.6 is 0 Å². The van der Waals surface area contributed by atoms with Crippen LogP contribution in [0.5, 0.6) is 34.5 Å². The van der Waals surface area contributed by atoms with Gasteiger partial charge in [0.2, 0.25) is 0 Å². The molecule has 0 aliphatic carbocycles. The van der Waals surface area contributed by atoms with Crippen molar-refractivity contribution >= 4 is 20.2 Å². The predicted molar refractivity (Wildman–Crippen MR) is 172 cm³/mol. The van der Waals surface area contributed by atoms with E-state index in [0.717, 1.165) is 0 Å². The summed E-state index contributed by atoms with van der Waals surface area (Å²) in [5, 5.41) is 21.0. The molecule has 2 rings (SSSR count). The van der Waals surface area contributed by atoms with Gasteiger partial charge in [-0.2, -0.15) is 0 Å². The maximum atomic E-state index is 11.7. The van der Waals surface area contributed by atoms with Gasteiger partial charge in [0.15, 0.2) is 0 Å². The highest BCUT2D eigenvalue weighted by atomic mass is 32.2. The van der Waals surface area contributed by atoms with Gasteiger partial charge in [-0.1, -0.05) is 48.0 Å². The van der Waals surface area contributed by atoms with Crippen LogP contribution in [0.3, 0.4) is 0 Å². The van der Waals surface area contributed by atoms with E-state index in [9.17, 15) is 36.2 Å². The Kier molecular flexibility index (Phi) is 17.6. The van der Waals surface area contributed by atoms with Crippen LogP contribution in [0.25, 0.3) is 0 Å². The molecule has 0 aliphatic heterocycles. The van der Waals surface area contributed by atoms with Crippen LogP contribution in [0.15, 0.2) is 9.79 Å². The largest absolute Gasteiger partial charge is 0.744 e. The number of rotatable bonds is 13. The van der Waals surface area contributed by atoms with Crippen molar-refractivity contribution in [2.24, 2.45) is 0 Å². The number of methoxy groups -OCH3 is 4. The van der Waals surface area contributed by atoms with Crippen molar-refractivity contribution in [2.75, 3.05) is 28.4 Å². The first-order valence-corrected chi connectivity index (χ1v) is 16.7. The van der Waals surface area contributed by atoms with Crippen molar-refractivity contribution in [3.05, 3.63) is 37.1 Å². The van der Waals surface area contributed by atoms with Gasteiger partial charge in [-0.25, -0.2) is 16.8 Å². The van der Waals surface area contributed by atoms with Gasteiger partial charge in [-0.15, -0.1) is 0 Å². The van der Waals surface area contributed by atoms with E-state index < -0.39 is 30.0 Å². The van der Waals surface area contributed by atoms with Crippen LogP contribution in [0.2, 0.25) is 0 Å². The van der Waals surface area contributed by atoms with E-state index in [-0.39, 0.29) is 61.2 Å². The third-order valence-electron chi connectivity index (χ3n) is 7.32. The molecule has 2 aromatic rings. The van der Waals surface area contributed by atoms with Gasteiger partial charge >= 0.3 is 0 Å². The summed E-state index contributed by atoms with van der Waals surface area (Å²) in [6, 6.07) is 0. The van der Waals surface area contributed by atoms with Crippen LogP contribution in [0, 0.1) is 14.9 Å². The van der Waals surface area contributed by atoms with Crippen molar-refractivity contribution < 1.29 is 55.1 Å². The summed E-state index contributed by atoms with van der Waals surface area (Å²) in [5.74, 6) is -1.00. The number of aromatic hydroxyl groups is 2. The van der Waals surface area contributed by atoms with Crippen LogP contribution in [0.4, 0.5) is 0 Å². The molecule has 0 radical (unpaired) electrons. The number of benzene rings is 2. The molecule has 12 nitrogen and oxygen atoms in total. The van der Waals surface area contributed by atoms with E-state index in [1.807, 2.05) is 34.6 Å². The Morgan fingerprint density at radius 3 is 1.18 bits per heavy atom. The fourth-order valence-corrected chi connectivity index (χ4v) is 6.61. The minimum atomic E-state index is -4.82. The van der Waals surface area contributed by atoms with Gasteiger partial charge in [0.05, 0.1) is 28.4 Å². The van der Waals surface area contributed by atoms with E-state index in [1.165, 1.54) is 28.4 Å². The first-order chi connectivity index (χ1) is 20.0. The SMILES string of the molecule is CCCc1c(O)c(C(C)CC)c(OC)c(S(=O)(=O)[O-])c1OC.CCc1c(O)c(C(C)CC)c(OC)c(S(=O)(=O)[O-])c1OC.[CH3+].[CH3+]. The monoisotopic (exact) mass is 678 g/mol. The van der Waals surface area contributed by atoms with Crippen LogP contribution in [0.1, 0.15) is 94.9 Å². The van der Waals surface area contributed by atoms with Crippen molar-refractivity contribution in [3.63, 3.8) is 0 Å². The molecule has 2 atom stereocenters. The quantitative estimate of drug-likeness (QED) is 0.184. The molecule has 0 saturated carbocycles. The number of phenols is 2. The van der Waals surface area contributed by atoms with Crippen LogP contribution in [-0.4, -0.2) is 64.6 Å². The summed E-state index contributed by atoms with van der Waals surface area (Å²) in [4.78, 5) is -1.08. The zero-order valence-electron chi connectivity index (χ0n) is 28.5. The summed E-state index contributed by atoms with van der Waals surface area (Å²) >= 11 is 0. The summed E-state index contributed by atoms with van der Waals surface area (Å²) in [7, 11) is -4.57. The van der Waals surface area contributed by atoms with Crippen molar-refractivity contribution in [1.29, 1.82) is 0 Å². The topological polar surface area (TPSA) is 192 Å². The number of ether oxygens (including phenoxy) is 4. The zero-order valence-corrected chi connectivity index (χ0v) is 30.1. The molecule has 258 valence electrons. The Bertz CT molecular complexity index is 1480. The van der Waals surface area contributed by atoms with E-state index in [4.69, 9.17) is 18.9 Å². The fraction of sp³-hybridized carbons (Fsp3) is 0.548. The Labute approximate surface area is 270 Å². The first-order valence-electron chi connectivity index (χ1n) is 13.9. The molecule has 14 heteroatoms. The predicted octanol–water partition coefficient (Wildman–Crippen LogP) is 6.07. The molecular weight excluding hydrogens is 628 g/mol. The molecule has 45 heavy (non-hydrogen) atoms. The Hall–Kier alpha value is -3.20. The number of hydrogen-bond donors (Lipinski definition) is 2. The lowest BCUT2D eigenvalue weighted by Crippen LogP contribution is -2.11. The molecule has 2 N–H and O–H groups in total. The highest BCUT2D eigenvalue weighted by Gasteiger charge is 2.31. The molecule has 2 unspecified atom stereocenters. The van der Waals surface area contributed by atoms with Crippen LogP contribution in [-0.2, 0) is 33.1 Å². The average molecular weight is 679 g/mol. The number of phenolic OH excluding ortho intramolecular Hbond substituents is 2. The lowest BCUT2D eigenvalue weighted by atomic mass is 9.92. The van der Waals surface area contributed by atoms with E-state index in [2.05, 4.69) is 0 Å². The van der Waals surface area contributed by atoms with Gasteiger partial charge in [0.1, 0.15) is 64.5 Å². The summed E-state index contributed by atoms with van der Waals surface area (Å²) < 4.78 is 90.6. The minimum Gasteiger partial charge on any atom is -0.744 e. The lowest BCUT2D eigenvalue weighted by molar-refractivity contribution is 0.344. The van der Waals surface area contributed by atoms with E-state index in [0.29, 0.717) is 54.4 Å². The molecule has 0 heterocycles.